The van der Waals surface area contributed by atoms with Crippen molar-refractivity contribution in [1.82, 2.24) is 0 Å². The van der Waals surface area contributed by atoms with E-state index in [2.05, 4.69) is 217 Å². The van der Waals surface area contributed by atoms with Gasteiger partial charge in [0.25, 0.3) is 0 Å². The maximum absolute atomic E-state index is 2.48. The Kier molecular flexibility index (Phi) is 8.09. The van der Waals surface area contributed by atoms with Crippen molar-refractivity contribution in [3.05, 3.63) is 212 Å². The smallest absolute Gasteiger partial charge is 0.0640 e. The largest absolute Gasteiger partial charge is 0.308 e. The predicted octanol–water partition coefficient (Wildman–Crippen LogP) is 15.3. The van der Waals surface area contributed by atoms with Crippen LogP contribution in [-0.4, -0.2) is 0 Å². The zero-order valence-electron chi connectivity index (χ0n) is 29.6. The van der Waals surface area contributed by atoms with Crippen LogP contribution in [0.3, 0.4) is 0 Å². The van der Waals surface area contributed by atoms with E-state index in [9.17, 15) is 0 Å². The molecule has 0 unspecified atom stereocenters. The maximum atomic E-state index is 2.48. The number of rotatable bonds is 7. The first kappa shape index (κ1) is 32.0. The molecular formula is C52H35NS. The minimum absolute atomic E-state index is 1.11. The highest BCUT2D eigenvalue weighted by atomic mass is 32.1. The third-order valence-electron chi connectivity index (χ3n) is 10.5. The minimum atomic E-state index is 1.11. The molecule has 0 bridgehead atoms. The normalized spacial score (nSPS) is 11.3. The summed E-state index contributed by atoms with van der Waals surface area (Å²) in [6.07, 6.45) is 0. The molecule has 54 heavy (non-hydrogen) atoms. The summed E-state index contributed by atoms with van der Waals surface area (Å²) in [6.45, 7) is 0. The average molecular weight is 706 g/mol. The van der Waals surface area contributed by atoms with Crippen LogP contribution < -0.4 is 4.90 Å². The lowest BCUT2D eigenvalue weighted by Crippen LogP contribution is -2.11. The third kappa shape index (κ3) is 5.84. The Labute approximate surface area is 319 Å². The molecular weight excluding hydrogens is 671 g/mol. The quantitative estimate of drug-likeness (QED) is 0.160. The summed E-state index contributed by atoms with van der Waals surface area (Å²) in [7, 11) is 0. The Balaban J connectivity index is 1.17. The number of nitrogens with zero attached hydrogens (tertiary/aromatic N) is 1. The Morgan fingerprint density at radius 3 is 1.59 bits per heavy atom. The van der Waals surface area contributed by atoms with Crippen molar-refractivity contribution in [2.45, 2.75) is 0 Å². The molecule has 0 saturated carbocycles. The summed E-state index contributed by atoms with van der Waals surface area (Å²) in [5.74, 6) is 0. The molecule has 0 fully saturated rings. The molecule has 2 heteroatoms. The highest BCUT2D eigenvalue weighted by Crippen LogP contribution is 2.48. The monoisotopic (exact) mass is 705 g/mol. The van der Waals surface area contributed by atoms with Crippen molar-refractivity contribution in [3.63, 3.8) is 0 Å². The van der Waals surface area contributed by atoms with Crippen LogP contribution in [0.15, 0.2) is 212 Å². The number of anilines is 3. The van der Waals surface area contributed by atoms with Crippen LogP contribution in [0, 0.1) is 0 Å². The van der Waals surface area contributed by atoms with Gasteiger partial charge in [0.05, 0.1) is 16.1 Å². The molecule has 0 radical (unpaired) electrons. The van der Waals surface area contributed by atoms with Crippen LogP contribution in [-0.2, 0) is 0 Å². The number of benzene rings is 9. The van der Waals surface area contributed by atoms with Crippen molar-refractivity contribution in [2.75, 3.05) is 4.90 Å². The van der Waals surface area contributed by atoms with Gasteiger partial charge in [-0.05, 0) is 86.1 Å². The molecule has 10 rings (SSSR count). The van der Waals surface area contributed by atoms with Crippen molar-refractivity contribution in [2.24, 2.45) is 0 Å². The molecule has 0 atom stereocenters. The van der Waals surface area contributed by atoms with Gasteiger partial charge in [0, 0.05) is 26.7 Å². The van der Waals surface area contributed by atoms with Crippen LogP contribution in [0.5, 0.6) is 0 Å². The lowest BCUT2D eigenvalue weighted by atomic mass is 9.95. The van der Waals surface area contributed by atoms with Crippen LogP contribution in [0.2, 0.25) is 0 Å². The van der Waals surface area contributed by atoms with Crippen molar-refractivity contribution in [3.8, 4) is 44.5 Å². The zero-order valence-corrected chi connectivity index (χ0v) is 30.4. The first-order valence-electron chi connectivity index (χ1n) is 18.4. The summed E-state index contributed by atoms with van der Waals surface area (Å²) in [4.78, 5) is 2.48. The molecule has 1 heterocycles. The van der Waals surface area contributed by atoms with E-state index >= 15 is 0 Å². The number of fused-ring (bicyclic) bond motifs is 4. The number of hydrogen-bond donors (Lipinski definition) is 0. The highest BCUT2D eigenvalue weighted by Gasteiger charge is 2.22. The van der Waals surface area contributed by atoms with Gasteiger partial charge in [-0.15, -0.1) is 11.3 Å². The fraction of sp³-hybridized carbons (Fsp3) is 0. The average Bonchev–Trinajstić information content (AvgIpc) is 3.64. The summed E-state index contributed by atoms with van der Waals surface area (Å²) < 4.78 is 2.57. The molecule has 0 spiro atoms. The molecule has 1 nitrogen and oxygen atoms in total. The van der Waals surface area contributed by atoms with Crippen molar-refractivity contribution < 1.29 is 0 Å². The lowest BCUT2D eigenvalue weighted by molar-refractivity contribution is 1.30. The summed E-state index contributed by atoms with van der Waals surface area (Å²) >= 11 is 1.87. The van der Waals surface area contributed by atoms with E-state index in [1.165, 1.54) is 81.1 Å². The van der Waals surface area contributed by atoms with E-state index in [1.807, 2.05) is 11.3 Å². The van der Waals surface area contributed by atoms with Gasteiger partial charge in [-0.2, -0.15) is 0 Å². The SMILES string of the molecule is c1ccc(-c2ccc(-c3ccc(N(c4cc(-c5ccc6ccccc6c5)ccc4-c4ccccc4)c4cccc5c4sc4ccccc45)cc3)cc2)cc1. The molecule has 0 saturated heterocycles. The van der Waals surface area contributed by atoms with Crippen LogP contribution in [0.25, 0.3) is 75.5 Å². The first-order valence-corrected chi connectivity index (χ1v) is 19.2. The second-order valence-corrected chi connectivity index (χ2v) is 14.8. The predicted molar refractivity (Wildman–Crippen MR) is 233 cm³/mol. The second kappa shape index (κ2) is 13.7. The van der Waals surface area contributed by atoms with Crippen molar-refractivity contribution >= 4 is 59.3 Å². The molecule has 0 aliphatic heterocycles. The van der Waals surface area contributed by atoms with Gasteiger partial charge in [0.15, 0.2) is 0 Å². The van der Waals surface area contributed by atoms with Gasteiger partial charge in [-0.25, -0.2) is 0 Å². The Morgan fingerprint density at radius 1 is 0.315 bits per heavy atom. The standard InChI is InChI=1S/C52H35NS/c1-3-12-36(13-4-1)38-22-24-39(25-23-38)40-28-31-45(32-29-40)53(49-20-11-19-48-47-18-9-10-21-51(47)54-52(48)49)50-35-44(30-33-46(50)41-15-5-2-6-16-41)43-27-26-37-14-7-8-17-42(37)34-43/h1-35H. The highest BCUT2D eigenvalue weighted by molar-refractivity contribution is 7.26. The van der Waals surface area contributed by atoms with Gasteiger partial charge >= 0.3 is 0 Å². The van der Waals surface area contributed by atoms with Gasteiger partial charge in [-0.3, -0.25) is 0 Å². The topological polar surface area (TPSA) is 3.24 Å². The Morgan fingerprint density at radius 2 is 0.852 bits per heavy atom. The maximum Gasteiger partial charge on any atom is 0.0640 e. The Hall–Kier alpha value is -6.74. The third-order valence-corrected chi connectivity index (χ3v) is 11.7. The number of hydrogen-bond acceptors (Lipinski definition) is 2. The van der Waals surface area contributed by atoms with Crippen LogP contribution in [0.4, 0.5) is 17.1 Å². The zero-order chi connectivity index (χ0) is 35.8. The molecule has 10 aromatic rings. The van der Waals surface area contributed by atoms with Gasteiger partial charge in [-0.1, -0.05) is 176 Å². The summed E-state index contributed by atoms with van der Waals surface area (Å²) in [5, 5.41) is 5.06. The molecule has 0 aliphatic carbocycles. The fourth-order valence-corrected chi connectivity index (χ4v) is 8.94. The van der Waals surface area contributed by atoms with E-state index in [4.69, 9.17) is 0 Å². The number of thiophene rings is 1. The molecule has 0 amide bonds. The van der Waals surface area contributed by atoms with E-state index < -0.39 is 0 Å². The van der Waals surface area contributed by atoms with E-state index in [-0.39, 0.29) is 0 Å². The van der Waals surface area contributed by atoms with Crippen LogP contribution >= 0.6 is 11.3 Å². The van der Waals surface area contributed by atoms with Gasteiger partial charge in [0.2, 0.25) is 0 Å². The fourth-order valence-electron chi connectivity index (χ4n) is 7.73. The van der Waals surface area contributed by atoms with Gasteiger partial charge < -0.3 is 4.90 Å². The molecule has 1 aromatic heterocycles. The molecule has 0 aliphatic rings. The molecule has 254 valence electrons. The van der Waals surface area contributed by atoms with E-state index in [1.54, 1.807) is 0 Å². The van der Waals surface area contributed by atoms with Crippen LogP contribution in [0.1, 0.15) is 0 Å². The van der Waals surface area contributed by atoms with E-state index in [0.717, 1.165) is 11.4 Å². The lowest BCUT2D eigenvalue weighted by Gasteiger charge is -2.29. The van der Waals surface area contributed by atoms with Gasteiger partial charge in [0.1, 0.15) is 0 Å². The second-order valence-electron chi connectivity index (χ2n) is 13.7. The Bertz CT molecular complexity index is 2910. The molecule has 0 N–H and O–H groups in total. The van der Waals surface area contributed by atoms with Crippen molar-refractivity contribution in [1.29, 1.82) is 0 Å². The minimum Gasteiger partial charge on any atom is -0.308 e. The van der Waals surface area contributed by atoms with E-state index in [0.29, 0.717) is 0 Å². The summed E-state index contributed by atoms with van der Waals surface area (Å²) in [6, 6.07) is 77.2. The molecule has 9 aromatic carbocycles. The summed E-state index contributed by atoms with van der Waals surface area (Å²) in [5.41, 5.74) is 13.0. The first-order chi connectivity index (χ1) is 26.8.